The average Bonchev–Trinajstić information content (AvgIpc) is 2.95. The molecule has 2 heterocycles. The van der Waals surface area contributed by atoms with E-state index in [1.54, 1.807) is 0 Å². The molecule has 1 saturated heterocycles. The van der Waals surface area contributed by atoms with Crippen molar-refractivity contribution in [2.75, 3.05) is 58.1 Å². The Morgan fingerprint density at radius 3 is 2.80 bits per heavy atom. The number of fused-ring (bicyclic) bond motifs is 1. The summed E-state index contributed by atoms with van der Waals surface area (Å²) in [6, 6.07) is 6.12. The number of benzene rings is 1. The van der Waals surface area contributed by atoms with Gasteiger partial charge in [-0.25, -0.2) is 0 Å². The van der Waals surface area contributed by atoms with E-state index in [0.29, 0.717) is 6.79 Å². The van der Waals surface area contributed by atoms with E-state index in [-0.39, 0.29) is 0 Å². The van der Waals surface area contributed by atoms with Gasteiger partial charge in [-0.2, -0.15) is 0 Å². The monoisotopic (exact) mass is 278 g/mol. The molecule has 0 N–H and O–H groups in total. The maximum Gasteiger partial charge on any atom is 0.231 e. The standard InChI is InChI=1S/C15H22N2O3/c1-16(5-2-6-17-7-9-18-10-8-17)13-3-4-14-15(11-13)20-12-19-14/h3-4,11H,2,5-10,12H2,1H3. The molecule has 1 aromatic rings. The highest BCUT2D eigenvalue weighted by molar-refractivity contribution is 5.56. The molecule has 110 valence electrons. The van der Waals surface area contributed by atoms with Crippen LogP contribution < -0.4 is 14.4 Å². The number of hydrogen-bond donors (Lipinski definition) is 0. The molecule has 1 fully saturated rings. The zero-order valence-electron chi connectivity index (χ0n) is 12.0. The van der Waals surface area contributed by atoms with Crippen LogP contribution in [0.25, 0.3) is 0 Å². The lowest BCUT2D eigenvalue weighted by molar-refractivity contribution is 0.0377. The summed E-state index contributed by atoms with van der Waals surface area (Å²) >= 11 is 0. The van der Waals surface area contributed by atoms with Crippen LogP contribution in [0.2, 0.25) is 0 Å². The van der Waals surface area contributed by atoms with E-state index in [9.17, 15) is 0 Å². The van der Waals surface area contributed by atoms with Gasteiger partial charge in [0.15, 0.2) is 11.5 Å². The van der Waals surface area contributed by atoms with E-state index in [1.807, 2.05) is 6.07 Å². The highest BCUT2D eigenvalue weighted by Crippen LogP contribution is 2.35. The van der Waals surface area contributed by atoms with Crippen LogP contribution in [-0.2, 0) is 4.74 Å². The lowest BCUT2D eigenvalue weighted by atomic mass is 10.2. The lowest BCUT2D eigenvalue weighted by Crippen LogP contribution is -2.37. The van der Waals surface area contributed by atoms with Crippen LogP contribution in [0.3, 0.4) is 0 Å². The molecule has 0 unspecified atom stereocenters. The molecule has 2 aliphatic heterocycles. The molecule has 20 heavy (non-hydrogen) atoms. The molecule has 1 aromatic carbocycles. The van der Waals surface area contributed by atoms with Gasteiger partial charge in [-0.3, -0.25) is 4.90 Å². The zero-order valence-corrected chi connectivity index (χ0v) is 12.0. The predicted octanol–water partition coefficient (Wildman–Crippen LogP) is 1.57. The Morgan fingerprint density at radius 1 is 1.15 bits per heavy atom. The third kappa shape index (κ3) is 3.16. The highest BCUT2D eigenvalue weighted by Gasteiger charge is 2.15. The number of hydrogen-bond acceptors (Lipinski definition) is 5. The summed E-state index contributed by atoms with van der Waals surface area (Å²) in [5, 5.41) is 0. The van der Waals surface area contributed by atoms with E-state index in [4.69, 9.17) is 14.2 Å². The van der Waals surface area contributed by atoms with Gasteiger partial charge < -0.3 is 19.1 Å². The fraction of sp³-hybridized carbons (Fsp3) is 0.600. The van der Waals surface area contributed by atoms with Crippen LogP contribution in [0.5, 0.6) is 11.5 Å². The van der Waals surface area contributed by atoms with Crippen LogP contribution in [-0.4, -0.2) is 58.1 Å². The predicted molar refractivity (Wildman–Crippen MR) is 77.7 cm³/mol. The molecule has 0 atom stereocenters. The lowest BCUT2D eigenvalue weighted by Gasteiger charge is -2.27. The molecule has 0 aliphatic carbocycles. The van der Waals surface area contributed by atoms with Crippen LogP contribution in [0.15, 0.2) is 18.2 Å². The molecule has 0 radical (unpaired) electrons. The summed E-state index contributed by atoms with van der Waals surface area (Å²) in [5.74, 6) is 1.69. The fourth-order valence-electron chi connectivity index (χ4n) is 2.61. The molecule has 0 aromatic heterocycles. The summed E-state index contributed by atoms with van der Waals surface area (Å²) in [6.45, 7) is 6.38. The highest BCUT2D eigenvalue weighted by atomic mass is 16.7. The number of anilines is 1. The summed E-state index contributed by atoms with van der Waals surface area (Å²) in [7, 11) is 2.12. The molecular weight excluding hydrogens is 256 g/mol. The van der Waals surface area contributed by atoms with Crippen LogP contribution in [0, 0.1) is 0 Å². The van der Waals surface area contributed by atoms with E-state index in [2.05, 4.69) is 29.0 Å². The van der Waals surface area contributed by atoms with Gasteiger partial charge in [0.05, 0.1) is 13.2 Å². The van der Waals surface area contributed by atoms with E-state index in [1.165, 1.54) is 5.69 Å². The van der Waals surface area contributed by atoms with E-state index < -0.39 is 0 Å². The molecule has 0 bridgehead atoms. The van der Waals surface area contributed by atoms with Crippen molar-refractivity contribution in [2.45, 2.75) is 6.42 Å². The van der Waals surface area contributed by atoms with Gasteiger partial charge in [-0.15, -0.1) is 0 Å². The summed E-state index contributed by atoms with van der Waals surface area (Å²) in [4.78, 5) is 4.74. The normalized spacial score (nSPS) is 18.2. The van der Waals surface area contributed by atoms with Crippen LogP contribution in [0.4, 0.5) is 5.69 Å². The fourth-order valence-corrected chi connectivity index (χ4v) is 2.61. The summed E-state index contributed by atoms with van der Waals surface area (Å²) in [6.07, 6.45) is 1.16. The van der Waals surface area contributed by atoms with Crippen molar-refractivity contribution in [2.24, 2.45) is 0 Å². The summed E-state index contributed by atoms with van der Waals surface area (Å²) in [5.41, 5.74) is 1.18. The summed E-state index contributed by atoms with van der Waals surface area (Å²) < 4.78 is 16.1. The third-order valence-electron chi connectivity index (χ3n) is 3.87. The third-order valence-corrected chi connectivity index (χ3v) is 3.87. The van der Waals surface area contributed by atoms with Crippen molar-refractivity contribution in [1.82, 2.24) is 4.90 Å². The first-order chi connectivity index (χ1) is 9.83. The SMILES string of the molecule is CN(CCCN1CCOCC1)c1ccc2c(c1)OCO2. The molecule has 0 spiro atoms. The number of rotatable bonds is 5. The van der Waals surface area contributed by atoms with Gasteiger partial charge >= 0.3 is 0 Å². The van der Waals surface area contributed by atoms with Gasteiger partial charge in [0.25, 0.3) is 0 Å². The Hall–Kier alpha value is -1.46. The van der Waals surface area contributed by atoms with Gasteiger partial charge in [0, 0.05) is 45.0 Å². The minimum atomic E-state index is 0.333. The first kappa shape index (κ1) is 13.5. The van der Waals surface area contributed by atoms with E-state index in [0.717, 1.165) is 57.3 Å². The Bertz CT molecular complexity index is 447. The second-order valence-electron chi connectivity index (χ2n) is 5.27. The zero-order chi connectivity index (χ0) is 13.8. The topological polar surface area (TPSA) is 34.2 Å². The van der Waals surface area contributed by atoms with Crippen LogP contribution >= 0.6 is 0 Å². The largest absolute Gasteiger partial charge is 0.454 e. The maximum atomic E-state index is 5.42. The molecule has 0 amide bonds. The molecule has 5 heteroatoms. The van der Waals surface area contributed by atoms with Gasteiger partial charge in [0.2, 0.25) is 6.79 Å². The molecule has 5 nitrogen and oxygen atoms in total. The maximum absolute atomic E-state index is 5.42. The average molecular weight is 278 g/mol. The van der Waals surface area contributed by atoms with Crippen LogP contribution in [0.1, 0.15) is 6.42 Å². The Balaban J connectivity index is 1.47. The smallest absolute Gasteiger partial charge is 0.231 e. The second kappa shape index (κ2) is 6.33. The van der Waals surface area contributed by atoms with Gasteiger partial charge in [-0.05, 0) is 18.6 Å². The van der Waals surface area contributed by atoms with Crippen molar-refractivity contribution in [3.05, 3.63) is 18.2 Å². The van der Waals surface area contributed by atoms with Crippen molar-refractivity contribution in [3.63, 3.8) is 0 Å². The first-order valence-electron chi connectivity index (χ1n) is 7.24. The number of morpholine rings is 1. The van der Waals surface area contributed by atoms with Gasteiger partial charge in [-0.1, -0.05) is 0 Å². The molecular formula is C15H22N2O3. The first-order valence-corrected chi connectivity index (χ1v) is 7.24. The number of nitrogens with zero attached hydrogens (tertiary/aromatic N) is 2. The Kier molecular flexibility index (Phi) is 4.28. The Labute approximate surface area is 120 Å². The van der Waals surface area contributed by atoms with Crippen molar-refractivity contribution < 1.29 is 14.2 Å². The second-order valence-corrected chi connectivity index (χ2v) is 5.27. The minimum absolute atomic E-state index is 0.333. The van der Waals surface area contributed by atoms with Crippen molar-refractivity contribution >= 4 is 5.69 Å². The van der Waals surface area contributed by atoms with E-state index >= 15 is 0 Å². The van der Waals surface area contributed by atoms with Gasteiger partial charge in [0.1, 0.15) is 0 Å². The van der Waals surface area contributed by atoms with Crippen molar-refractivity contribution in [3.8, 4) is 11.5 Å². The quantitative estimate of drug-likeness (QED) is 0.817. The Morgan fingerprint density at radius 2 is 1.95 bits per heavy atom. The van der Waals surface area contributed by atoms with Crippen molar-refractivity contribution in [1.29, 1.82) is 0 Å². The molecule has 3 rings (SSSR count). The molecule has 0 saturated carbocycles. The minimum Gasteiger partial charge on any atom is -0.454 e. The number of ether oxygens (including phenoxy) is 3. The molecule has 2 aliphatic rings.